The van der Waals surface area contributed by atoms with E-state index in [4.69, 9.17) is 4.74 Å². The second kappa shape index (κ2) is 12.1. The van der Waals surface area contributed by atoms with Gasteiger partial charge in [0.25, 0.3) is 0 Å². The van der Waals surface area contributed by atoms with E-state index in [0.717, 1.165) is 37.6 Å². The highest BCUT2D eigenvalue weighted by atomic mass is 127. The minimum Gasteiger partial charge on any atom is -0.384 e. The average molecular weight is 460 g/mol. The number of likely N-dealkylation sites (tertiary alicyclic amines) is 1. The molecule has 1 heterocycles. The first kappa shape index (κ1) is 21.7. The summed E-state index contributed by atoms with van der Waals surface area (Å²) in [6, 6.07) is 9.92. The molecule has 6 nitrogen and oxygen atoms in total. The number of carbonyl (C=O) groups excluding carboxylic acids is 1. The van der Waals surface area contributed by atoms with Crippen LogP contribution in [0.25, 0.3) is 0 Å². The van der Waals surface area contributed by atoms with Gasteiger partial charge < -0.3 is 20.3 Å². The molecular formula is C18H29IN4O2. The third-order valence-corrected chi connectivity index (χ3v) is 4.17. The van der Waals surface area contributed by atoms with E-state index in [9.17, 15) is 4.79 Å². The van der Waals surface area contributed by atoms with E-state index in [1.54, 1.807) is 14.2 Å². The van der Waals surface area contributed by atoms with Crippen molar-refractivity contribution in [1.82, 2.24) is 15.5 Å². The third kappa shape index (κ3) is 7.60. The maximum absolute atomic E-state index is 11.9. The SMILES string of the molecule is CN=C(NCCC(=O)NCc1ccccc1)N1CCC(COC)C1.I. The zero-order valence-electron chi connectivity index (χ0n) is 15.0. The number of aliphatic imine (C=N–C) groups is 1. The Hall–Kier alpha value is -1.35. The van der Waals surface area contributed by atoms with Crippen LogP contribution in [0, 0.1) is 5.92 Å². The summed E-state index contributed by atoms with van der Waals surface area (Å²) in [7, 11) is 3.52. The number of amides is 1. The fourth-order valence-electron chi connectivity index (χ4n) is 2.90. The number of methoxy groups -OCH3 is 1. The van der Waals surface area contributed by atoms with Crippen molar-refractivity contribution >= 4 is 35.8 Å². The molecule has 1 aromatic rings. The molecule has 1 atom stereocenters. The van der Waals surface area contributed by atoms with E-state index in [2.05, 4.69) is 20.5 Å². The molecule has 1 unspecified atom stereocenters. The lowest BCUT2D eigenvalue weighted by Gasteiger charge is -2.21. The van der Waals surface area contributed by atoms with E-state index in [1.165, 1.54) is 0 Å². The number of rotatable bonds is 7. The number of nitrogens with one attached hydrogen (secondary N) is 2. The molecule has 140 valence electrons. The summed E-state index contributed by atoms with van der Waals surface area (Å²) in [5, 5.41) is 6.21. The van der Waals surface area contributed by atoms with Crippen molar-refractivity contribution in [3.8, 4) is 0 Å². The van der Waals surface area contributed by atoms with Crippen LogP contribution in [-0.2, 0) is 16.1 Å². The Morgan fingerprint density at radius 3 is 2.76 bits per heavy atom. The molecule has 1 aliphatic rings. The molecule has 0 spiro atoms. The molecule has 25 heavy (non-hydrogen) atoms. The molecule has 1 aliphatic heterocycles. The molecule has 0 radical (unpaired) electrons. The molecule has 0 aliphatic carbocycles. The first-order valence-electron chi connectivity index (χ1n) is 8.48. The molecule has 1 amide bonds. The predicted octanol–water partition coefficient (Wildman–Crippen LogP) is 1.85. The molecule has 0 aromatic heterocycles. The van der Waals surface area contributed by atoms with Crippen molar-refractivity contribution in [3.63, 3.8) is 0 Å². The van der Waals surface area contributed by atoms with E-state index >= 15 is 0 Å². The van der Waals surface area contributed by atoms with Gasteiger partial charge in [-0.2, -0.15) is 0 Å². The van der Waals surface area contributed by atoms with E-state index in [1.807, 2.05) is 30.3 Å². The van der Waals surface area contributed by atoms with Crippen molar-refractivity contribution in [2.24, 2.45) is 10.9 Å². The summed E-state index contributed by atoms with van der Waals surface area (Å²) < 4.78 is 5.22. The highest BCUT2D eigenvalue weighted by Gasteiger charge is 2.24. The number of carbonyl (C=O) groups is 1. The summed E-state index contributed by atoms with van der Waals surface area (Å²) in [5.41, 5.74) is 1.11. The number of hydrogen-bond donors (Lipinski definition) is 2. The van der Waals surface area contributed by atoms with Gasteiger partial charge in [0.05, 0.1) is 6.61 Å². The minimum absolute atomic E-state index is 0. The molecule has 1 fully saturated rings. The topological polar surface area (TPSA) is 66.0 Å². The fourth-order valence-corrected chi connectivity index (χ4v) is 2.90. The molecule has 0 bridgehead atoms. The monoisotopic (exact) mass is 460 g/mol. The number of nitrogens with zero attached hydrogens (tertiary/aromatic N) is 2. The maximum Gasteiger partial charge on any atom is 0.222 e. The Labute approximate surface area is 167 Å². The van der Waals surface area contributed by atoms with Crippen LogP contribution in [0.15, 0.2) is 35.3 Å². The summed E-state index contributed by atoms with van der Waals surface area (Å²) in [5.74, 6) is 1.47. The second-order valence-electron chi connectivity index (χ2n) is 6.04. The maximum atomic E-state index is 11.9. The molecule has 7 heteroatoms. The normalized spacial score (nSPS) is 17.1. The van der Waals surface area contributed by atoms with Gasteiger partial charge in [0, 0.05) is 52.7 Å². The number of halogens is 1. The largest absolute Gasteiger partial charge is 0.384 e. The molecular weight excluding hydrogens is 431 g/mol. The van der Waals surface area contributed by atoms with Gasteiger partial charge in [-0.3, -0.25) is 9.79 Å². The lowest BCUT2D eigenvalue weighted by atomic mass is 10.1. The van der Waals surface area contributed by atoms with Gasteiger partial charge in [0.1, 0.15) is 0 Å². The van der Waals surface area contributed by atoms with Gasteiger partial charge >= 0.3 is 0 Å². The Morgan fingerprint density at radius 2 is 2.08 bits per heavy atom. The van der Waals surface area contributed by atoms with Gasteiger partial charge in [-0.1, -0.05) is 30.3 Å². The summed E-state index contributed by atoms with van der Waals surface area (Å²) in [4.78, 5) is 18.5. The lowest BCUT2D eigenvalue weighted by molar-refractivity contribution is -0.121. The summed E-state index contributed by atoms with van der Waals surface area (Å²) >= 11 is 0. The van der Waals surface area contributed by atoms with E-state index < -0.39 is 0 Å². The van der Waals surface area contributed by atoms with Crippen molar-refractivity contribution in [3.05, 3.63) is 35.9 Å². The van der Waals surface area contributed by atoms with Crippen molar-refractivity contribution in [2.75, 3.05) is 40.4 Å². The summed E-state index contributed by atoms with van der Waals surface area (Å²) in [6.45, 7) is 3.87. The first-order valence-corrected chi connectivity index (χ1v) is 8.48. The van der Waals surface area contributed by atoms with Gasteiger partial charge in [0.2, 0.25) is 5.91 Å². The predicted molar refractivity (Wildman–Crippen MR) is 111 cm³/mol. The molecule has 1 aromatic carbocycles. The Balaban J connectivity index is 0.00000312. The van der Waals surface area contributed by atoms with Crippen molar-refractivity contribution in [2.45, 2.75) is 19.4 Å². The minimum atomic E-state index is 0. The fraction of sp³-hybridized carbons (Fsp3) is 0.556. The smallest absolute Gasteiger partial charge is 0.222 e. The van der Waals surface area contributed by atoms with Crippen LogP contribution in [0.2, 0.25) is 0 Å². The summed E-state index contributed by atoms with van der Waals surface area (Å²) in [6.07, 6.45) is 1.55. The number of guanidine groups is 1. The second-order valence-corrected chi connectivity index (χ2v) is 6.04. The molecule has 0 saturated carbocycles. The van der Waals surface area contributed by atoms with Gasteiger partial charge in [-0.05, 0) is 12.0 Å². The highest BCUT2D eigenvalue weighted by molar-refractivity contribution is 14.0. The molecule has 2 rings (SSSR count). The first-order chi connectivity index (χ1) is 11.7. The quantitative estimate of drug-likeness (QED) is 0.371. The van der Waals surface area contributed by atoms with E-state index in [0.29, 0.717) is 25.4 Å². The van der Waals surface area contributed by atoms with Gasteiger partial charge in [-0.15, -0.1) is 24.0 Å². The number of benzene rings is 1. The van der Waals surface area contributed by atoms with Crippen molar-refractivity contribution < 1.29 is 9.53 Å². The van der Waals surface area contributed by atoms with Gasteiger partial charge in [0.15, 0.2) is 5.96 Å². The van der Waals surface area contributed by atoms with Gasteiger partial charge in [-0.25, -0.2) is 0 Å². The van der Waals surface area contributed by atoms with Crippen LogP contribution in [-0.4, -0.2) is 57.2 Å². The number of ether oxygens (including phenoxy) is 1. The average Bonchev–Trinajstić information content (AvgIpc) is 3.06. The molecule has 1 saturated heterocycles. The Kier molecular flexibility index (Phi) is 10.5. The van der Waals surface area contributed by atoms with Crippen LogP contribution in [0.3, 0.4) is 0 Å². The van der Waals surface area contributed by atoms with E-state index in [-0.39, 0.29) is 29.9 Å². The van der Waals surface area contributed by atoms with Crippen LogP contribution in [0.1, 0.15) is 18.4 Å². The van der Waals surface area contributed by atoms with Crippen molar-refractivity contribution in [1.29, 1.82) is 0 Å². The zero-order valence-corrected chi connectivity index (χ0v) is 17.4. The van der Waals surface area contributed by atoms with Crippen LogP contribution < -0.4 is 10.6 Å². The standard InChI is InChI=1S/C18H28N4O2.HI/c1-19-18(22-11-9-16(13-22)14-24-2)20-10-8-17(23)21-12-15-6-4-3-5-7-15;/h3-7,16H,8-14H2,1-2H3,(H,19,20)(H,21,23);1H. The van der Waals surface area contributed by atoms with Crippen LogP contribution >= 0.6 is 24.0 Å². The zero-order chi connectivity index (χ0) is 17.2. The van der Waals surface area contributed by atoms with Crippen LogP contribution in [0.5, 0.6) is 0 Å². The Morgan fingerprint density at radius 1 is 1.32 bits per heavy atom. The molecule has 2 N–H and O–H groups in total. The van der Waals surface area contributed by atoms with Crippen LogP contribution in [0.4, 0.5) is 0 Å². The Bertz CT molecular complexity index is 539. The highest BCUT2D eigenvalue weighted by Crippen LogP contribution is 2.16. The number of hydrogen-bond acceptors (Lipinski definition) is 3. The lowest BCUT2D eigenvalue weighted by Crippen LogP contribution is -2.41. The third-order valence-electron chi connectivity index (χ3n) is 4.17.